The van der Waals surface area contributed by atoms with E-state index < -0.39 is 4.92 Å². The van der Waals surface area contributed by atoms with E-state index >= 15 is 0 Å². The summed E-state index contributed by atoms with van der Waals surface area (Å²) < 4.78 is 13.1. The highest BCUT2D eigenvalue weighted by molar-refractivity contribution is 7.14. The maximum absolute atomic E-state index is 13.1. The van der Waals surface area contributed by atoms with E-state index in [0.717, 1.165) is 29.5 Å². The van der Waals surface area contributed by atoms with Crippen LogP contribution in [0.5, 0.6) is 0 Å². The van der Waals surface area contributed by atoms with E-state index in [0.29, 0.717) is 18.8 Å². The first-order valence-electron chi connectivity index (χ1n) is 9.71. The van der Waals surface area contributed by atoms with Crippen LogP contribution >= 0.6 is 11.3 Å². The van der Waals surface area contributed by atoms with Crippen LogP contribution in [0.3, 0.4) is 0 Å². The number of rotatable bonds is 6. The fourth-order valence-electron chi connectivity index (χ4n) is 3.36. The van der Waals surface area contributed by atoms with Crippen LogP contribution in [0.25, 0.3) is 11.3 Å². The molecule has 0 spiro atoms. The number of carbonyl (C=O) groups excluding carboxylic acids is 1. The number of hydrogen-bond acceptors (Lipinski definition) is 7. The third-order valence-corrected chi connectivity index (χ3v) is 5.88. The number of amides is 1. The molecule has 1 fully saturated rings. The number of thiazole rings is 1. The molecule has 2 aromatic carbocycles. The minimum Gasteiger partial charge on any atom is -0.346 e. The smallest absolute Gasteiger partial charge is 0.271 e. The second-order valence-electron chi connectivity index (χ2n) is 7.14. The topological polar surface area (TPSA) is 91.6 Å². The van der Waals surface area contributed by atoms with E-state index in [1.807, 2.05) is 10.3 Å². The van der Waals surface area contributed by atoms with Crippen LogP contribution in [0.1, 0.15) is 0 Å². The number of nitro benzene ring substituents is 1. The first-order valence-corrected chi connectivity index (χ1v) is 10.6. The third-order valence-electron chi connectivity index (χ3n) is 4.98. The first-order chi connectivity index (χ1) is 15.0. The van der Waals surface area contributed by atoms with Gasteiger partial charge in [0, 0.05) is 54.9 Å². The molecule has 0 saturated carbocycles. The highest BCUT2D eigenvalue weighted by Gasteiger charge is 2.21. The monoisotopic (exact) mass is 441 g/mol. The Hall–Kier alpha value is -3.37. The summed E-state index contributed by atoms with van der Waals surface area (Å²) in [7, 11) is 0. The highest BCUT2D eigenvalue weighted by atomic mass is 32.1. The molecule has 1 aliphatic rings. The molecular formula is C21H20FN5O3S. The van der Waals surface area contributed by atoms with Crippen LogP contribution in [-0.2, 0) is 4.79 Å². The van der Waals surface area contributed by atoms with Gasteiger partial charge in [-0.25, -0.2) is 9.37 Å². The molecule has 1 aromatic heterocycles. The summed E-state index contributed by atoms with van der Waals surface area (Å²) in [6, 6.07) is 12.2. The van der Waals surface area contributed by atoms with Gasteiger partial charge in [0.05, 0.1) is 17.2 Å². The number of nitrogens with zero attached hydrogens (tertiary/aromatic N) is 4. The number of anilines is 2. The first kappa shape index (κ1) is 20.9. The molecule has 2 heterocycles. The second-order valence-corrected chi connectivity index (χ2v) is 7.98. The van der Waals surface area contributed by atoms with Gasteiger partial charge in [-0.3, -0.25) is 19.8 Å². The molecule has 3 aromatic rings. The predicted molar refractivity (Wildman–Crippen MR) is 118 cm³/mol. The molecule has 4 rings (SSSR count). The van der Waals surface area contributed by atoms with Gasteiger partial charge in [-0.2, -0.15) is 0 Å². The Labute approximate surface area is 182 Å². The van der Waals surface area contributed by atoms with Crippen molar-refractivity contribution in [1.29, 1.82) is 0 Å². The lowest BCUT2D eigenvalue weighted by molar-refractivity contribution is -0.384. The van der Waals surface area contributed by atoms with Crippen molar-refractivity contribution in [3.05, 3.63) is 69.8 Å². The van der Waals surface area contributed by atoms with Gasteiger partial charge in [0.2, 0.25) is 5.91 Å². The number of benzene rings is 2. The molecule has 1 saturated heterocycles. The van der Waals surface area contributed by atoms with Crippen molar-refractivity contribution in [2.75, 3.05) is 42.9 Å². The third kappa shape index (κ3) is 5.22. The molecule has 8 nitrogen and oxygen atoms in total. The van der Waals surface area contributed by atoms with Crippen LogP contribution in [0.4, 0.5) is 20.9 Å². The summed E-state index contributed by atoms with van der Waals surface area (Å²) >= 11 is 1.54. The van der Waals surface area contributed by atoms with E-state index in [2.05, 4.69) is 15.2 Å². The van der Waals surface area contributed by atoms with Crippen molar-refractivity contribution in [3.8, 4) is 11.3 Å². The maximum Gasteiger partial charge on any atom is 0.271 e. The van der Waals surface area contributed by atoms with Crippen molar-refractivity contribution < 1.29 is 14.1 Å². The Bertz CT molecular complexity index is 1080. The Morgan fingerprint density at radius 1 is 1.16 bits per heavy atom. The number of non-ortho nitro benzene ring substituents is 1. The van der Waals surface area contributed by atoms with Crippen molar-refractivity contribution >= 4 is 33.8 Å². The average molecular weight is 441 g/mol. The van der Waals surface area contributed by atoms with Crippen molar-refractivity contribution in [1.82, 2.24) is 9.88 Å². The zero-order chi connectivity index (χ0) is 21.8. The van der Waals surface area contributed by atoms with E-state index in [1.165, 1.54) is 24.3 Å². The Morgan fingerprint density at radius 3 is 2.61 bits per heavy atom. The van der Waals surface area contributed by atoms with Gasteiger partial charge in [-0.15, -0.1) is 11.3 Å². The molecule has 0 bridgehead atoms. The summed E-state index contributed by atoms with van der Waals surface area (Å²) in [5.41, 5.74) is 2.04. The van der Waals surface area contributed by atoms with Crippen molar-refractivity contribution in [2.24, 2.45) is 0 Å². The quantitative estimate of drug-likeness (QED) is 0.464. The number of nitro groups is 1. The lowest BCUT2D eigenvalue weighted by Gasteiger charge is -2.34. The summed E-state index contributed by atoms with van der Waals surface area (Å²) in [5.74, 6) is -0.480. The number of halogens is 1. The number of piperazine rings is 1. The Morgan fingerprint density at radius 2 is 1.90 bits per heavy atom. The summed E-state index contributed by atoms with van der Waals surface area (Å²) in [6.07, 6.45) is 0. The molecule has 1 N–H and O–H groups in total. The van der Waals surface area contributed by atoms with Crippen molar-refractivity contribution in [2.45, 2.75) is 0 Å². The standard InChI is InChI=1S/C21H20FN5O3S/c22-16-6-4-15(5-7-16)19-14-31-21(24-19)26-10-8-25(9-11-26)13-20(28)23-17-2-1-3-18(12-17)27(29)30/h1-7,12,14H,8-11,13H2,(H,23,28). The van der Waals surface area contributed by atoms with E-state index in [9.17, 15) is 19.3 Å². The molecule has 1 amide bonds. The van der Waals surface area contributed by atoms with Gasteiger partial charge in [0.15, 0.2) is 5.13 Å². The molecule has 0 unspecified atom stereocenters. The van der Waals surface area contributed by atoms with E-state index in [4.69, 9.17) is 0 Å². The number of hydrogen-bond donors (Lipinski definition) is 1. The van der Waals surface area contributed by atoms with Gasteiger partial charge in [0.25, 0.3) is 5.69 Å². The minimum atomic E-state index is -0.491. The highest BCUT2D eigenvalue weighted by Crippen LogP contribution is 2.28. The normalized spacial score (nSPS) is 14.4. The minimum absolute atomic E-state index is 0.0603. The van der Waals surface area contributed by atoms with Gasteiger partial charge >= 0.3 is 0 Å². The van der Waals surface area contributed by atoms with Crippen molar-refractivity contribution in [3.63, 3.8) is 0 Å². The predicted octanol–water partition coefficient (Wildman–Crippen LogP) is 3.62. The van der Waals surface area contributed by atoms with Crippen LogP contribution in [0.15, 0.2) is 53.9 Å². The van der Waals surface area contributed by atoms with Crippen LogP contribution in [0, 0.1) is 15.9 Å². The molecule has 0 atom stereocenters. The second kappa shape index (κ2) is 9.19. The van der Waals surface area contributed by atoms with Crippen LogP contribution in [-0.4, -0.2) is 53.4 Å². The summed E-state index contributed by atoms with van der Waals surface area (Å²) in [5, 5.41) is 16.4. The maximum atomic E-state index is 13.1. The zero-order valence-corrected chi connectivity index (χ0v) is 17.3. The molecule has 31 heavy (non-hydrogen) atoms. The Kier molecular flexibility index (Phi) is 6.19. The molecular weight excluding hydrogens is 421 g/mol. The van der Waals surface area contributed by atoms with Gasteiger partial charge in [-0.1, -0.05) is 6.07 Å². The SMILES string of the molecule is O=C(CN1CCN(c2nc(-c3ccc(F)cc3)cs2)CC1)Nc1cccc([N+](=O)[O-])c1. The van der Waals surface area contributed by atoms with E-state index in [1.54, 1.807) is 35.6 Å². The lowest BCUT2D eigenvalue weighted by Crippen LogP contribution is -2.48. The van der Waals surface area contributed by atoms with E-state index in [-0.39, 0.29) is 24.0 Å². The molecule has 10 heteroatoms. The Balaban J connectivity index is 1.29. The molecule has 160 valence electrons. The van der Waals surface area contributed by atoms with Gasteiger partial charge < -0.3 is 10.2 Å². The fraction of sp³-hybridized carbons (Fsp3) is 0.238. The number of aromatic nitrogens is 1. The molecule has 0 aliphatic carbocycles. The summed E-state index contributed by atoms with van der Waals surface area (Å²) in [4.78, 5) is 31.6. The average Bonchev–Trinajstić information content (AvgIpc) is 3.25. The van der Waals surface area contributed by atoms with Crippen LogP contribution < -0.4 is 10.2 Å². The number of carbonyl (C=O) groups is 1. The summed E-state index contributed by atoms with van der Waals surface area (Å²) in [6.45, 7) is 3.10. The van der Waals surface area contributed by atoms with Gasteiger partial charge in [-0.05, 0) is 30.3 Å². The molecule has 0 radical (unpaired) electrons. The molecule has 1 aliphatic heterocycles. The number of nitrogens with one attached hydrogen (secondary N) is 1. The largest absolute Gasteiger partial charge is 0.346 e. The lowest BCUT2D eigenvalue weighted by atomic mass is 10.2. The zero-order valence-electron chi connectivity index (χ0n) is 16.5. The fourth-order valence-corrected chi connectivity index (χ4v) is 4.25. The van der Waals surface area contributed by atoms with Gasteiger partial charge in [0.1, 0.15) is 5.82 Å². The van der Waals surface area contributed by atoms with Crippen LogP contribution in [0.2, 0.25) is 0 Å².